The van der Waals surface area contributed by atoms with Crippen LogP contribution < -0.4 is 5.56 Å². The second kappa shape index (κ2) is 7.55. The number of aryl methyl sites for hydroxylation is 4. The quantitative estimate of drug-likeness (QED) is 0.660. The summed E-state index contributed by atoms with van der Waals surface area (Å²) in [5, 5.41) is 9.94. The van der Waals surface area contributed by atoms with Crippen LogP contribution in [0.4, 0.5) is 0 Å². The van der Waals surface area contributed by atoms with Gasteiger partial charge in [-0.3, -0.25) is 9.59 Å². The van der Waals surface area contributed by atoms with Crippen molar-refractivity contribution in [1.29, 1.82) is 0 Å². The first kappa shape index (κ1) is 19.5. The highest BCUT2D eigenvalue weighted by molar-refractivity contribution is 7.13. The Morgan fingerprint density at radius 1 is 1.10 bits per heavy atom. The van der Waals surface area contributed by atoms with Crippen molar-refractivity contribution in [3.8, 4) is 5.82 Å². The van der Waals surface area contributed by atoms with E-state index in [4.69, 9.17) is 0 Å². The zero-order valence-electron chi connectivity index (χ0n) is 17.0. The second-order valence-electron chi connectivity index (χ2n) is 7.48. The van der Waals surface area contributed by atoms with E-state index in [0.717, 1.165) is 22.1 Å². The first-order valence-corrected chi connectivity index (χ1v) is 10.5. The molecule has 0 aliphatic carbocycles. The lowest BCUT2D eigenvalue weighted by Crippen LogP contribution is -2.41. The Labute approximate surface area is 172 Å². The molecule has 9 heteroatoms. The minimum Gasteiger partial charge on any atom is -0.338 e. The topological polar surface area (TPSA) is 85.9 Å². The van der Waals surface area contributed by atoms with Crippen LogP contribution in [0.1, 0.15) is 50.6 Å². The van der Waals surface area contributed by atoms with E-state index in [0.29, 0.717) is 36.6 Å². The van der Waals surface area contributed by atoms with Crippen molar-refractivity contribution in [2.75, 3.05) is 13.1 Å². The van der Waals surface area contributed by atoms with E-state index >= 15 is 0 Å². The molecule has 0 N–H and O–H groups in total. The number of likely N-dealkylation sites (tertiary alicyclic amines) is 1. The van der Waals surface area contributed by atoms with E-state index in [1.54, 1.807) is 21.5 Å². The van der Waals surface area contributed by atoms with Crippen LogP contribution in [0.25, 0.3) is 5.82 Å². The summed E-state index contributed by atoms with van der Waals surface area (Å²) >= 11 is 1.44. The van der Waals surface area contributed by atoms with Crippen molar-refractivity contribution in [3.05, 3.63) is 55.5 Å². The van der Waals surface area contributed by atoms with Crippen LogP contribution in [0.15, 0.2) is 23.0 Å². The number of amides is 1. The maximum atomic E-state index is 12.8. The summed E-state index contributed by atoms with van der Waals surface area (Å²) in [6.45, 7) is 8.87. The number of thiazole rings is 1. The van der Waals surface area contributed by atoms with Crippen LogP contribution in [0, 0.1) is 27.7 Å². The number of rotatable bonds is 3. The fourth-order valence-corrected chi connectivity index (χ4v) is 4.73. The normalized spacial score (nSPS) is 15.1. The lowest BCUT2D eigenvalue weighted by Gasteiger charge is -2.32. The zero-order valence-corrected chi connectivity index (χ0v) is 17.9. The van der Waals surface area contributed by atoms with Gasteiger partial charge < -0.3 is 4.90 Å². The van der Waals surface area contributed by atoms with Gasteiger partial charge in [-0.05, 0) is 52.7 Å². The van der Waals surface area contributed by atoms with Gasteiger partial charge in [0.25, 0.3) is 11.5 Å². The molecule has 0 radical (unpaired) electrons. The van der Waals surface area contributed by atoms with Gasteiger partial charge in [-0.2, -0.15) is 5.10 Å². The van der Waals surface area contributed by atoms with Crippen molar-refractivity contribution in [2.45, 2.75) is 46.6 Å². The Kier molecular flexibility index (Phi) is 5.08. The summed E-state index contributed by atoms with van der Waals surface area (Å²) in [7, 11) is 0. The standard InChI is InChI=1S/C20H24N6O2S/c1-12-11-13(2)25(22-12)17-5-6-18(27)26(23-17)16-7-9-24(10-8-16)20(28)19-14(3)21-15(4)29-19/h5-6,11,16H,7-10H2,1-4H3. The number of piperidine rings is 1. The molecular weight excluding hydrogens is 388 g/mol. The van der Waals surface area contributed by atoms with Crippen LogP contribution >= 0.6 is 11.3 Å². The Morgan fingerprint density at radius 3 is 2.41 bits per heavy atom. The van der Waals surface area contributed by atoms with Crippen LogP contribution in [0.5, 0.6) is 0 Å². The van der Waals surface area contributed by atoms with Crippen LogP contribution in [0.3, 0.4) is 0 Å². The van der Waals surface area contributed by atoms with Gasteiger partial charge in [0.05, 0.1) is 22.4 Å². The molecule has 3 aromatic rings. The predicted molar refractivity (Wildman–Crippen MR) is 111 cm³/mol. The van der Waals surface area contributed by atoms with Gasteiger partial charge >= 0.3 is 0 Å². The molecule has 0 atom stereocenters. The maximum absolute atomic E-state index is 12.8. The summed E-state index contributed by atoms with van der Waals surface area (Å²) in [6.07, 6.45) is 1.38. The molecule has 0 saturated carbocycles. The van der Waals surface area contributed by atoms with Crippen molar-refractivity contribution in [2.24, 2.45) is 0 Å². The molecule has 152 valence electrons. The Morgan fingerprint density at radius 2 is 1.83 bits per heavy atom. The fraction of sp³-hybridized carbons (Fsp3) is 0.450. The molecule has 4 heterocycles. The summed E-state index contributed by atoms with van der Waals surface area (Å²) in [4.78, 5) is 32.2. The number of carbonyl (C=O) groups excluding carboxylic acids is 1. The van der Waals surface area contributed by atoms with Gasteiger partial charge in [0.1, 0.15) is 4.88 Å². The van der Waals surface area contributed by atoms with E-state index in [1.807, 2.05) is 38.7 Å². The first-order valence-electron chi connectivity index (χ1n) is 9.70. The Hall–Kier alpha value is -2.81. The molecule has 1 amide bonds. The number of aromatic nitrogens is 5. The molecule has 0 unspecified atom stereocenters. The highest BCUT2D eigenvalue weighted by Gasteiger charge is 2.28. The molecule has 0 spiro atoms. The monoisotopic (exact) mass is 412 g/mol. The number of carbonyl (C=O) groups is 1. The van der Waals surface area contributed by atoms with E-state index < -0.39 is 0 Å². The predicted octanol–water partition coefficient (Wildman–Crippen LogP) is 2.60. The van der Waals surface area contributed by atoms with Crippen molar-refractivity contribution in [3.63, 3.8) is 0 Å². The Balaban J connectivity index is 1.52. The highest BCUT2D eigenvalue weighted by atomic mass is 32.1. The Bertz CT molecular complexity index is 1120. The molecule has 0 aromatic carbocycles. The lowest BCUT2D eigenvalue weighted by atomic mass is 10.0. The van der Waals surface area contributed by atoms with Crippen LogP contribution in [-0.4, -0.2) is 48.4 Å². The minimum absolute atomic E-state index is 0.0308. The molecule has 0 bridgehead atoms. The third kappa shape index (κ3) is 3.74. The average molecular weight is 413 g/mol. The summed E-state index contributed by atoms with van der Waals surface area (Å²) < 4.78 is 3.30. The maximum Gasteiger partial charge on any atom is 0.267 e. The van der Waals surface area contributed by atoms with Gasteiger partial charge in [-0.25, -0.2) is 14.3 Å². The summed E-state index contributed by atoms with van der Waals surface area (Å²) in [5.41, 5.74) is 2.53. The molecule has 4 rings (SSSR count). The second-order valence-corrected chi connectivity index (χ2v) is 8.69. The molecule has 29 heavy (non-hydrogen) atoms. The van der Waals surface area contributed by atoms with Crippen molar-refractivity contribution >= 4 is 17.2 Å². The van der Waals surface area contributed by atoms with E-state index in [2.05, 4.69) is 15.2 Å². The highest BCUT2D eigenvalue weighted by Crippen LogP contribution is 2.25. The summed E-state index contributed by atoms with van der Waals surface area (Å²) in [5.74, 6) is 0.660. The third-order valence-electron chi connectivity index (χ3n) is 5.23. The van der Waals surface area contributed by atoms with Crippen molar-refractivity contribution in [1.82, 2.24) is 29.4 Å². The largest absolute Gasteiger partial charge is 0.338 e. The minimum atomic E-state index is -0.131. The lowest BCUT2D eigenvalue weighted by molar-refractivity contribution is 0.0692. The molecule has 1 aliphatic heterocycles. The average Bonchev–Trinajstić information content (AvgIpc) is 3.21. The van der Waals surface area contributed by atoms with Crippen molar-refractivity contribution < 1.29 is 4.79 Å². The van der Waals surface area contributed by atoms with E-state index in [-0.39, 0.29) is 17.5 Å². The molecule has 8 nitrogen and oxygen atoms in total. The number of nitrogens with zero attached hydrogens (tertiary/aromatic N) is 6. The van der Waals surface area contributed by atoms with Crippen LogP contribution in [0.2, 0.25) is 0 Å². The van der Waals surface area contributed by atoms with Gasteiger partial charge in [-0.15, -0.1) is 16.4 Å². The molecule has 1 aliphatic rings. The summed E-state index contributed by atoms with van der Waals surface area (Å²) in [6, 6.07) is 5.18. The number of hydrogen-bond donors (Lipinski definition) is 0. The SMILES string of the molecule is Cc1cc(C)n(-c2ccc(=O)n(C3CCN(C(=O)c4sc(C)nc4C)CC3)n2)n1. The number of hydrogen-bond acceptors (Lipinski definition) is 6. The van der Waals surface area contributed by atoms with E-state index in [1.165, 1.54) is 11.3 Å². The van der Waals surface area contributed by atoms with Crippen LogP contribution in [-0.2, 0) is 0 Å². The molecular formula is C20H24N6O2S. The van der Waals surface area contributed by atoms with Gasteiger partial charge in [0.15, 0.2) is 5.82 Å². The van der Waals surface area contributed by atoms with Gasteiger partial charge in [0.2, 0.25) is 0 Å². The van der Waals surface area contributed by atoms with E-state index in [9.17, 15) is 9.59 Å². The molecule has 3 aromatic heterocycles. The first-order chi connectivity index (χ1) is 13.8. The van der Waals surface area contributed by atoms with Gasteiger partial charge in [0, 0.05) is 24.8 Å². The van der Waals surface area contributed by atoms with Gasteiger partial charge in [-0.1, -0.05) is 0 Å². The zero-order chi connectivity index (χ0) is 20.7. The smallest absolute Gasteiger partial charge is 0.267 e. The molecule has 1 saturated heterocycles. The third-order valence-corrected chi connectivity index (χ3v) is 6.29. The molecule has 1 fully saturated rings. The fourth-order valence-electron chi connectivity index (χ4n) is 3.84.